The third-order valence-corrected chi connectivity index (χ3v) is 7.00. The molecule has 0 bridgehead atoms. The normalized spacial score (nSPS) is 20.4. The number of halogens is 1. The SMILES string of the molecule is COC(=O)C(c1ccccc1F)N1CCC(SSCCO)/C(=C\C(=O)O)C1. The van der Waals surface area contributed by atoms with E-state index in [1.165, 1.54) is 40.8 Å². The van der Waals surface area contributed by atoms with Crippen molar-refractivity contribution in [1.29, 1.82) is 0 Å². The number of benzene rings is 1. The molecule has 0 spiro atoms. The zero-order chi connectivity index (χ0) is 19.8. The molecule has 27 heavy (non-hydrogen) atoms. The largest absolute Gasteiger partial charge is 0.478 e. The highest BCUT2D eigenvalue weighted by Crippen LogP contribution is 2.38. The fraction of sp³-hybridized carbons (Fsp3) is 0.444. The van der Waals surface area contributed by atoms with Crippen LogP contribution in [0.3, 0.4) is 0 Å². The number of hydrogen-bond acceptors (Lipinski definition) is 7. The summed E-state index contributed by atoms with van der Waals surface area (Å²) in [6.07, 6.45) is 1.75. The molecule has 6 nitrogen and oxygen atoms in total. The predicted octanol–water partition coefficient (Wildman–Crippen LogP) is 2.50. The molecule has 1 aromatic rings. The van der Waals surface area contributed by atoms with Gasteiger partial charge < -0.3 is 14.9 Å². The lowest BCUT2D eigenvalue weighted by Crippen LogP contribution is -2.43. The minimum absolute atomic E-state index is 0.0478. The lowest BCUT2D eigenvalue weighted by molar-refractivity contribution is -0.147. The van der Waals surface area contributed by atoms with Gasteiger partial charge in [0.25, 0.3) is 0 Å². The number of aliphatic hydroxyl groups excluding tert-OH is 1. The van der Waals surface area contributed by atoms with Gasteiger partial charge in [-0.25, -0.2) is 14.0 Å². The van der Waals surface area contributed by atoms with Gasteiger partial charge in [-0.1, -0.05) is 39.8 Å². The Morgan fingerprint density at radius 1 is 1.44 bits per heavy atom. The summed E-state index contributed by atoms with van der Waals surface area (Å²) in [5.41, 5.74) is 0.856. The van der Waals surface area contributed by atoms with Crippen molar-refractivity contribution in [3.63, 3.8) is 0 Å². The van der Waals surface area contributed by atoms with Crippen molar-refractivity contribution >= 4 is 33.5 Å². The van der Waals surface area contributed by atoms with E-state index in [9.17, 15) is 19.1 Å². The number of ether oxygens (including phenoxy) is 1. The molecule has 1 heterocycles. The summed E-state index contributed by atoms with van der Waals surface area (Å²) in [5, 5.41) is 18.1. The molecule has 0 amide bonds. The van der Waals surface area contributed by atoms with E-state index in [2.05, 4.69) is 0 Å². The molecule has 2 atom stereocenters. The number of hydrogen-bond donors (Lipinski definition) is 2. The van der Waals surface area contributed by atoms with Crippen molar-refractivity contribution in [3.8, 4) is 0 Å². The van der Waals surface area contributed by atoms with E-state index in [-0.39, 0.29) is 24.0 Å². The van der Waals surface area contributed by atoms with Gasteiger partial charge in [0.05, 0.1) is 13.7 Å². The molecule has 2 unspecified atom stereocenters. The maximum atomic E-state index is 14.3. The van der Waals surface area contributed by atoms with Crippen LogP contribution in [0.1, 0.15) is 18.0 Å². The summed E-state index contributed by atoms with van der Waals surface area (Å²) in [6, 6.07) is 5.08. The number of rotatable bonds is 8. The van der Waals surface area contributed by atoms with Crippen LogP contribution in [-0.2, 0) is 14.3 Å². The molecule has 0 aliphatic carbocycles. The standard InChI is InChI=1S/C18H22FNO5S2/c1-25-18(24)17(13-4-2-3-5-14(13)19)20-7-6-15(27-26-9-8-21)12(11-20)10-16(22)23/h2-5,10,15,17,21H,6-9,11H2,1H3,(H,22,23)/b12-10-. The number of esters is 1. The topological polar surface area (TPSA) is 87.1 Å². The van der Waals surface area contributed by atoms with Crippen molar-refractivity contribution < 1.29 is 28.9 Å². The number of carboxylic acid groups (broad SMARTS) is 1. The molecule has 1 aliphatic rings. The van der Waals surface area contributed by atoms with Crippen LogP contribution in [0, 0.1) is 5.82 Å². The van der Waals surface area contributed by atoms with Crippen molar-refractivity contribution in [3.05, 3.63) is 47.3 Å². The first-order chi connectivity index (χ1) is 13.0. The number of aliphatic carboxylic acids is 1. The van der Waals surface area contributed by atoms with Crippen LogP contribution in [0.25, 0.3) is 0 Å². The Hall–Kier alpha value is -1.55. The van der Waals surface area contributed by atoms with E-state index >= 15 is 0 Å². The monoisotopic (exact) mass is 415 g/mol. The Bertz CT molecular complexity index is 700. The van der Waals surface area contributed by atoms with E-state index in [1.807, 2.05) is 0 Å². The minimum atomic E-state index is -1.06. The first kappa shape index (κ1) is 21.7. The second-order valence-corrected chi connectivity index (χ2v) is 8.58. The number of carbonyl (C=O) groups excluding carboxylic acids is 1. The fourth-order valence-corrected chi connectivity index (χ4v) is 5.43. The highest BCUT2D eigenvalue weighted by molar-refractivity contribution is 8.77. The number of likely N-dealkylation sites (tertiary alicyclic amines) is 1. The summed E-state index contributed by atoms with van der Waals surface area (Å²) >= 11 is 0. The van der Waals surface area contributed by atoms with Crippen LogP contribution in [-0.4, -0.2) is 64.9 Å². The molecule has 0 radical (unpaired) electrons. The van der Waals surface area contributed by atoms with Crippen molar-refractivity contribution in [2.75, 3.05) is 32.6 Å². The average Bonchev–Trinajstić information content (AvgIpc) is 2.64. The van der Waals surface area contributed by atoms with Crippen molar-refractivity contribution in [2.45, 2.75) is 17.7 Å². The molecule has 2 rings (SSSR count). The Balaban J connectivity index is 2.27. The van der Waals surface area contributed by atoms with Gasteiger partial charge in [0, 0.05) is 35.7 Å². The lowest BCUT2D eigenvalue weighted by atomic mass is 9.98. The van der Waals surface area contributed by atoms with Crippen molar-refractivity contribution in [1.82, 2.24) is 4.90 Å². The molecule has 9 heteroatoms. The number of nitrogens with zero attached hydrogens (tertiary/aromatic N) is 1. The summed E-state index contributed by atoms with van der Waals surface area (Å²) in [7, 11) is 4.23. The number of carbonyl (C=O) groups is 2. The van der Waals surface area contributed by atoms with Gasteiger partial charge in [-0.2, -0.15) is 0 Å². The minimum Gasteiger partial charge on any atom is -0.478 e. The summed E-state index contributed by atoms with van der Waals surface area (Å²) in [6.45, 7) is 0.756. The predicted molar refractivity (Wildman–Crippen MR) is 104 cm³/mol. The van der Waals surface area contributed by atoms with Gasteiger partial charge in [0.1, 0.15) is 11.9 Å². The molecular formula is C18H22FNO5S2. The molecule has 2 N–H and O–H groups in total. The first-order valence-corrected chi connectivity index (χ1v) is 10.7. The van der Waals surface area contributed by atoms with Gasteiger partial charge >= 0.3 is 11.9 Å². The van der Waals surface area contributed by atoms with Crippen LogP contribution >= 0.6 is 21.6 Å². The quantitative estimate of drug-likeness (QED) is 0.290. The molecule has 0 aromatic heterocycles. The molecule has 0 saturated carbocycles. The van der Waals surface area contributed by atoms with E-state index in [0.29, 0.717) is 24.3 Å². The van der Waals surface area contributed by atoms with Crippen LogP contribution in [0.5, 0.6) is 0 Å². The summed E-state index contributed by atoms with van der Waals surface area (Å²) in [5.74, 6) is -1.61. The Kier molecular flexibility index (Phi) is 8.62. The van der Waals surface area contributed by atoms with Gasteiger partial charge in [0.15, 0.2) is 0 Å². The van der Waals surface area contributed by atoms with Gasteiger partial charge in [0.2, 0.25) is 0 Å². The van der Waals surface area contributed by atoms with Gasteiger partial charge in [-0.3, -0.25) is 4.90 Å². The Morgan fingerprint density at radius 3 is 2.81 bits per heavy atom. The van der Waals surface area contributed by atoms with Crippen LogP contribution in [0.2, 0.25) is 0 Å². The highest BCUT2D eigenvalue weighted by atomic mass is 33.1. The van der Waals surface area contributed by atoms with Crippen LogP contribution in [0.15, 0.2) is 35.9 Å². The molecule has 148 valence electrons. The maximum Gasteiger partial charge on any atom is 0.328 e. The fourth-order valence-electron chi connectivity index (χ4n) is 2.96. The lowest BCUT2D eigenvalue weighted by Gasteiger charge is -2.37. The average molecular weight is 416 g/mol. The van der Waals surface area contributed by atoms with Crippen molar-refractivity contribution in [2.24, 2.45) is 0 Å². The zero-order valence-corrected chi connectivity index (χ0v) is 16.5. The maximum absolute atomic E-state index is 14.3. The molecule has 1 aliphatic heterocycles. The molecule has 1 aromatic carbocycles. The third-order valence-electron chi connectivity index (χ3n) is 4.13. The molecule has 1 saturated heterocycles. The second-order valence-electron chi connectivity index (χ2n) is 5.89. The van der Waals surface area contributed by atoms with Gasteiger partial charge in [-0.15, -0.1) is 0 Å². The highest BCUT2D eigenvalue weighted by Gasteiger charge is 2.35. The van der Waals surface area contributed by atoms with E-state index in [0.717, 1.165) is 6.08 Å². The molecule has 1 fully saturated rings. The van der Waals surface area contributed by atoms with Gasteiger partial charge in [-0.05, 0) is 18.1 Å². The summed E-state index contributed by atoms with van der Waals surface area (Å²) in [4.78, 5) is 25.4. The van der Waals surface area contributed by atoms with E-state index in [4.69, 9.17) is 9.84 Å². The first-order valence-electron chi connectivity index (χ1n) is 8.36. The number of aliphatic hydroxyl groups is 1. The van der Waals surface area contributed by atoms with Crippen LogP contribution < -0.4 is 0 Å². The Labute approximate surface area is 165 Å². The number of carboxylic acids is 1. The number of methoxy groups -OCH3 is 1. The van der Waals surface area contributed by atoms with Crippen LogP contribution in [0.4, 0.5) is 4.39 Å². The van der Waals surface area contributed by atoms with E-state index < -0.39 is 23.8 Å². The summed E-state index contributed by atoms with van der Waals surface area (Å²) < 4.78 is 19.2. The third kappa shape index (κ3) is 5.97. The van der Waals surface area contributed by atoms with E-state index in [1.54, 1.807) is 17.0 Å². The Morgan fingerprint density at radius 2 is 2.19 bits per heavy atom. The second kappa shape index (κ2) is 10.7. The number of piperidine rings is 1. The zero-order valence-electron chi connectivity index (χ0n) is 14.8. The molecular weight excluding hydrogens is 393 g/mol. The smallest absolute Gasteiger partial charge is 0.328 e.